The molecule has 1 aliphatic heterocycles. The Hall–Kier alpha value is -1.36. The fraction of sp³-hybridized carbons (Fsp3) is 0.650. The number of carbonyl (C=O) groups excluding carboxylic acids is 1. The normalized spacial score (nSPS) is 16.9. The summed E-state index contributed by atoms with van der Waals surface area (Å²) < 4.78 is 10.8. The average molecular weight is 366 g/mol. The first kappa shape index (κ1) is 20.0. The van der Waals surface area contributed by atoms with Crippen LogP contribution in [0.15, 0.2) is 18.2 Å². The third kappa shape index (κ3) is 5.56. The first-order valence-corrected chi connectivity index (χ1v) is 10.4. The monoisotopic (exact) mass is 365 g/mol. The van der Waals surface area contributed by atoms with Crippen LogP contribution in [0.4, 0.5) is 0 Å². The first-order valence-electron chi connectivity index (χ1n) is 9.34. The number of benzene rings is 1. The third-order valence-electron chi connectivity index (χ3n) is 4.66. The summed E-state index contributed by atoms with van der Waals surface area (Å²) in [6.45, 7) is 3.04. The zero-order valence-corrected chi connectivity index (χ0v) is 16.6. The number of hydrogen-bond donors (Lipinski definition) is 0. The number of amides is 1. The van der Waals surface area contributed by atoms with E-state index in [-0.39, 0.29) is 11.3 Å². The van der Waals surface area contributed by atoms with Gasteiger partial charge in [0.2, 0.25) is 5.91 Å². The summed E-state index contributed by atoms with van der Waals surface area (Å²) in [6.07, 6.45) is 7.90. The molecule has 1 aromatic rings. The van der Waals surface area contributed by atoms with Gasteiger partial charge < -0.3 is 14.4 Å². The second kappa shape index (κ2) is 10.6. The molecule has 140 valence electrons. The van der Waals surface area contributed by atoms with Gasteiger partial charge in [-0.05, 0) is 18.6 Å². The third-order valence-corrected chi connectivity index (χ3v) is 5.90. The van der Waals surface area contributed by atoms with Gasteiger partial charge in [-0.25, -0.2) is 0 Å². The Kier molecular flexibility index (Phi) is 8.45. The molecule has 1 aromatic carbocycles. The Balaban J connectivity index is 1.94. The predicted molar refractivity (Wildman–Crippen MR) is 104 cm³/mol. The highest BCUT2D eigenvalue weighted by Crippen LogP contribution is 2.43. The maximum atomic E-state index is 12.7. The van der Waals surface area contributed by atoms with Crippen molar-refractivity contribution in [2.24, 2.45) is 0 Å². The summed E-state index contributed by atoms with van der Waals surface area (Å²) >= 11 is 1.81. The number of rotatable bonds is 10. The van der Waals surface area contributed by atoms with Gasteiger partial charge in [-0.3, -0.25) is 4.79 Å². The minimum absolute atomic E-state index is 0.0495. The molecule has 2 rings (SSSR count). The van der Waals surface area contributed by atoms with Crippen molar-refractivity contribution >= 4 is 17.7 Å². The summed E-state index contributed by atoms with van der Waals surface area (Å²) in [5, 5.41) is 0.0495. The van der Waals surface area contributed by atoms with Crippen molar-refractivity contribution in [2.75, 3.05) is 26.5 Å². The molecule has 1 saturated heterocycles. The summed E-state index contributed by atoms with van der Waals surface area (Å²) in [6, 6.07) is 5.85. The summed E-state index contributed by atoms with van der Waals surface area (Å²) in [5.41, 5.74) is 1.06. The van der Waals surface area contributed by atoms with Gasteiger partial charge in [0, 0.05) is 30.3 Å². The van der Waals surface area contributed by atoms with E-state index in [4.69, 9.17) is 9.47 Å². The molecule has 0 bridgehead atoms. The summed E-state index contributed by atoms with van der Waals surface area (Å²) in [4.78, 5) is 14.7. The van der Waals surface area contributed by atoms with Crippen LogP contribution in [0, 0.1) is 0 Å². The number of unbranched alkanes of at least 4 members (excludes halogenated alkanes) is 5. The van der Waals surface area contributed by atoms with Gasteiger partial charge in [0.25, 0.3) is 0 Å². The van der Waals surface area contributed by atoms with E-state index in [1.807, 2.05) is 34.9 Å². The van der Waals surface area contributed by atoms with Crippen molar-refractivity contribution in [3.63, 3.8) is 0 Å². The van der Waals surface area contributed by atoms with E-state index in [9.17, 15) is 4.79 Å². The lowest BCUT2D eigenvalue weighted by molar-refractivity contribution is -0.131. The van der Waals surface area contributed by atoms with Crippen molar-refractivity contribution in [3.05, 3.63) is 23.8 Å². The van der Waals surface area contributed by atoms with Crippen LogP contribution in [0.3, 0.4) is 0 Å². The van der Waals surface area contributed by atoms with E-state index in [0.29, 0.717) is 6.42 Å². The van der Waals surface area contributed by atoms with Crippen LogP contribution in [-0.2, 0) is 4.79 Å². The van der Waals surface area contributed by atoms with Crippen LogP contribution in [-0.4, -0.2) is 37.3 Å². The number of hydrogen-bond acceptors (Lipinski definition) is 4. The highest BCUT2D eigenvalue weighted by atomic mass is 32.2. The van der Waals surface area contributed by atoms with E-state index >= 15 is 0 Å². The fourth-order valence-corrected chi connectivity index (χ4v) is 4.51. The van der Waals surface area contributed by atoms with Crippen molar-refractivity contribution in [2.45, 2.75) is 57.2 Å². The highest BCUT2D eigenvalue weighted by Gasteiger charge is 2.32. The second-order valence-electron chi connectivity index (χ2n) is 6.44. The molecule has 1 amide bonds. The van der Waals surface area contributed by atoms with Crippen molar-refractivity contribution in [1.82, 2.24) is 4.90 Å². The Bertz CT molecular complexity index is 550. The topological polar surface area (TPSA) is 38.8 Å². The van der Waals surface area contributed by atoms with E-state index < -0.39 is 0 Å². The molecule has 0 aliphatic carbocycles. The Labute approximate surface area is 156 Å². The lowest BCUT2D eigenvalue weighted by Crippen LogP contribution is -2.30. The molecular formula is C20H31NO3S. The molecule has 1 atom stereocenters. The van der Waals surface area contributed by atoms with Gasteiger partial charge in [-0.1, -0.05) is 39.0 Å². The van der Waals surface area contributed by atoms with Crippen LogP contribution in [0.1, 0.15) is 62.8 Å². The summed E-state index contributed by atoms with van der Waals surface area (Å²) in [5.74, 6) is 2.80. The minimum atomic E-state index is 0.0495. The quantitative estimate of drug-likeness (QED) is 0.545. The molecule has 1 unspecified atom stereocenters. The maximum absolute atomic E-state index is 12.7. The zero-order chi connectivity index (χ0) is 18.1. The largest absolute Gasteiger partial charge is 0.497 e. The van der Waals surface area contributed by atoms with Crippen molar-refractivity contribution < 1.29 is 14.3 Å². The SMILES string of the molecule is CCCCCCCCC(=O)N1CCSC1c1ccc(OC)cc1OC. The number of thioether (sulfide) groups is 1. The van der Waals surface area contributed by atoms with E-state index in [0.717, 1.165) is 42.2 Å². The van der Waals surface area contributed by atoms with Crippen molar-refractivity contribution in [3.8, 4) is 11.5 Å². The Morgan fingerprint density at radius 1 is 1.16 bits per heavy atom. The highest BCUT2D eigenvalue weighted by molar-refractivity contribution is 7.99. The van der Waals surface area contributed by atoms with E-state index in [1.54, 1.807) is 14.2 Å². The van der Waals surface area contributed by atoms with Crippen LogP contribution in [0.25, 0.3) is 0 Å². The molecule has 1 aliphatic rings. The van der Waals surface area contributed by atoms with Crippen LogP contribution in [0.5, 0.6) is 11.5 Å². The number of carbonyl (C=O) groups is 1. The number of nitrogens with zero attached hydrogens (tertiary/aromatic N) is 1. The molecule has 0 saturated carbocycles. The van der Waals surface area contributed by atoms with Crippen molar-refractivity contribution in [1.29, 1.82) is 0 Å². The van der Waals surface area contributed by atoms with Gasteiger partial charge in [0.1, 0.15) is 16.9 Å². The Morgan fingerprint density at radius 3 is 2.64 bits per heavy atom. The Morgan fingerprint density at radius 2 is 1.92 bits per heavy atom. The van der Waals surface area contributed by atoms with E-state index in [2.05, 4.69) is 6.92 Å². The molecule has 1 heterocycles. The molecule has 0 N–H and O–H groups in total. The number of ether oxygens (including phenoxy) is 2. The predicted octanol–water partition coefficient (Wildman–Crippen LogP) is 5.03. The molecular weight excluding hydrogens is 334 g/mol. The second-order valence-corrected chi connectivity index (χ2v) is 7.62. The lowest BCUT2D eigenvalue weighted by atomic mass is 10.1. The molecule has 5 heteroatoms. The standard InChI is InChI=1S/C20H31NO3S/c1-4-5-6-7-8-9-10-19(22)21-13-14-25-20(21)17-12-11-16(23-2)15-18(17)24-3/h11-12,15,20H,4-10,13-14H2,1-3H3. The van der Waals surface area contributed by atoms with Crippen LogP contribution >= 0.6 is 11.8 Å². The van der Waals surface area contributed by atoms with E-state index in [1.165, 1.54) is 25.7 Å². The van der Waals surface area contributed by atoms with Gasteiger partial charge in [0.05, 0.1) is 14.2 Å². The van der Waals surface area contributed by atoms with Crippen LogP contribution < -0.4 is 9.47 Å². The van der Waals surface area contributed by atoms with Gasteiger partial charge in [-0.15, -0.1) is 11.8 Å². The lowest BCUT2D eigenvalue weighted by Gasteiger charge is -2.25. The fourth-order valence-electron chi connectivity index (χ4n) is 3.21. The smallest absolute Gasteiger partial charge is 0.223 e. The summed E-state index contributed by atoms with van der Waals surface area (Å²) in [7, 11) is 3.31. The zero-order valence-electron chi connectivity index (χ0n) is 15.8. The number of methoxy groups -OCH3 is 2. The van der Waals surface area contributed by atoms with Gasteiger partial charge >= 0.3 is 0 Å². The first-order chi connectivity index (χ1) is 12.2. The average Bonchev–Trinajstić information content (AvgIpc) is 3.13. The molecule has 0 radical (unpaired) electrons. The van der Waals surface area contributed by atoms with Gasteiger partial charge in [-0.2, -0.15) is 0 Å². The molecule has 0 spiro atoms. The van der Waals surface area contributed by atoms with Gasteiger partial charge in [0.15, 0.2) is 0 Å². The maximum Gasteiger partial charge on any atom is 0.223 e. The molecule has 0 aromatic heterocycles. The minimum Gasteiger partial charge on any atom is -0.497 e. The molecule has 1 fully saturated rings. The molecule has 25 heavy (non-hydrogen) atoms. The molecule has 4 nitrogen and oxygen atoms in total. The van der Waals surface area contributed by atoms with Crippen LogP contribution in [0.2, 0.25) is 0 Å².